The van der Waals surface area contributed by atoms with Gasteiger partial charge in [-0.1, -0.05) is 0 Å². The number of methoxy groups -OCH3 is 1. The first-order valence-corrected chi connectivity index (χ1v) is 6.74. The molecule has 1 heterocycles. The normalized spacial score (nSPS) is 22.2. The van der Waals surface area contributed by atoms with Crippen molar-refractivity contribution in [2.24, 2.45) is 0 Å². The minimum Gasteiger partial charge on any atom is -0.478 e. The SMILES string of the molecule is COC1CC(NC(=O)c2ccc(/C=C/C(=O)O)s2)C1. The number of hydrogen-bond acceptors (Lipinski definition) is 4. The first-order valence-electron chi connectivity index (χ1n) is 5.93. The van der Waals surface area contributed by atoms with Crippen molar-refractivity contribution in [3.8, 4) is 0 Å². The fraction of sp³-hybridized carbons (Fsp3) is 0.385. The lowest BCUT2D eigenvalue weighted by Crippen LogP contribution is -2.47. The van der Waals surface area contributed by atoms with Crippen molar-refractivity contribution in [3.05, 3.63) is 28.0 Å². The number of carboxylic acid groups (broad SMARTS) is 1. The van der Waals surface area contributed by atoms with Crippen LogP contribution in [0.2, 0.25) is 0 Å². The van der Waals surface area contributed by atoms with E-state index in [1.807, 2.05) is 0 Å². The van der Waals surface area contributed by atoms with Gasteiger partial charge in [0.2, 0.25) is 0 Å². The molecular formula is C13H15NO4S. The molecular weight excluding hydrogens is 266 g/mol. The Labute approximate surface area is 114 Å². The van der Waals surface area contributed by atoms with Crippen LogP contribution in [0.15, 0.2) is 18.2 Å². The lowest BCUT2D eigenvalue weighted by atomic mass is 9.89. The van der Waals surface area contributed by atoms with E-state index in [9.17, 15) is 9.59 Å². The molecule has 19 heavy (non-hydrogen) atoms. The topological polar surface area (TPSA) is 75.6 Å². The van der Waals surface area contributed by atoms with Crippen LogP contribution < -0.4 is 5.32 Å². The Bertz CT molecular complexity index is 502. The maximum Gasteiger partial charge on any atom is 0.328 e. The summed E-state index contributed by atoms with van der Waals surface area (Å²) in [5.41, 5.74) is 0. The number of thiophene rings is 1. The number of carbonyl (C=O) groups excluding carboxylic acids is 1. The highest BCUT2D eigenvalue weighted by Gasteiger charge is 2.30. The van der Waals surface area contributed by atoms with Crippen LogP contribution in [0.25, 0.3) is 6.08 Å². The van der Waals surface area contributed by atoms with Gasteiger partial charge in [-0.15, -0.1) is 11.3 Å². The lowest BCUT2D eigenvalue weighted by Gasteiger charge is -2.34. The Morgan fingerprint density at radius 2 is 2.21 bits per heavy atom. The minimum absolute atomic E-state index is 0.112. The number of nitrogens with one attached hydrogen (secondary N) is 1. The zero-order valence-electron chi connectivity index (χ0n) is 10.5. The molecule has 2 N–H and O–H groups in total. The summed E-state index contributed by atoms with van der Waals surface area (Å²) in [5, 5.41) is 11.5. The minimum atomic E-state index is -1.00. The average molecular weight is 281 g/mol. The van der Waals surface area contributed by atoms with E-state index in [1.165, 1.54) is 17.4 Å². The second-order valence-electron chi connectivity index (χ2n) is 4.37. The molecule has 0 atom stereocenters. The van der Waals surface area contributed by atoms with Gasteiger partial charge in [-0.2, -0.15) is 0 Å². The van der Waals surface area contributed by atoms with Crippen LogP contribution in [-0.4, -0.2) is 36.2 Å². The molecule has 1 fully saturated rings. The summed E-state index contributed by atoms with van der Waals surface area (Å²) in [4.78, 5) is 23.6. The molecule has 6 heteroatoms. The summed E-state index contributed by atoms with van der Waals surface area (Å²) >= 11 is 1.27. The second-order valence-corrected chi connectivity index (χ2v) is 5.49. The van der Waals surface area contributed by atoms with E-state index >= 15 is 0 Å². The Morgan fingerprint density at radius 3 is 2.84 bits per heavy atom. The summed E-state index contributed by atoms with van der Waals surface area (Å²) < 4.78 is 5.15. The Balaban J connectivity index is 1.88. The van der Waals surface area contributed by atoms with Crippen molar-refractivity contribution >= 4 is 29.3 Å². The van der Waals surface area contributed by atoms with Crippen LogP contribution in [0.1, 0.15) is 27.4 Å². The first kappa shape index (κ1) is 13.8. The number of carboxylic acids is 1. The van der Waals surface area contributed by atoms with Crippen LogP contribution >= 0.6 is 11.3 Å². The second kappa shape index (κ2) is 5.99. The Kier molecular flexibility index (Phi) is 4.34. The van der Waals surface area contributed by atoms with Crippen molar-refractivity contribution < 1.29 is 19.4 Å². The summed E-state index contributed by atoms with van der Waals surface area (Å²) in [6.07, 6.45) is 4.48. The van der Waals surface area contributed by atoms with Crippen LogP contribution in [0.3, 0.4) is 0 Å². The fourth-order valence-corrected chi connectivity index (χ4v) is 2.66. The number of carbonyl (C=O) groups is 2. The molecule has 0 aromatic carbocycles. The average Bonchev–Trinajstić information content (AvgIpc) is 2.79. The third-order valence-corrected chi connectivity index (χ3v) is 4.05. The van der Waals surface area contributed by atoms with Gasteiger partial charge in [-0.05, 0) is 31.1 Å². The van der Waals surface area contributed by atoms with Gasteiger partial charge in [0.05, 0.1) is 11.0 Å². The number of hydrogen-bond donors (Lipinski definition) is 2. The van der Waals surface area contributed by atoms with Crippen LogP contribution in [-0.2, 0) is 9.53 Å². The quantitative estimate of drug-likeness (QED) is 0.806. The van der Waals surface area contributed by atoms with E-state index in [4.69, 9.17) is 9.84 Å². The van der Waals surface area contributed by atoms with Gasteiger partial charge in [0.25, 0.3) is 5.91 Å². The van der Waals surface area contributed by atoms with Gasteiger partial charge in [0.1, 0.15) is 0 Å². The third kappa shape index (κ3) is 3.65. The molecule has 0 saturated heterocycles. The van der Waals surface area contributed by atoms with Gasteiger partial charge in [-0.25, -0.2) is 4.79 Å². The number of rotatable bonds is 5. The van der Waals surface area contributed by atoms with Crippen LogP contribution in [0.5, 0.6) is 0 Å². The molecule has 0 radical (unpaired) electrons. The molecule has 1 aromatic rings. The molecule has 1 aliphatic carbocycles. The van der Waals surface area contributed by atoms with Gasteiger partial charge in [0, 0.05) is 24.1 Å². The number of ether oxygens (including phenoxy) is 1. The van der Waals surface area contributed by atoms with Crippen molar-refractivity contribution in [2.75, 3.05) is 7.11 Å². The monoisotopic (exact) mass is 281 g/mol. The predicted molar refractivity (Wildman–Crippen MR) is 72.3 cm³/mol. The largest absolute Gasteiger partial charge is 0.478 e. The van der Waals surface area contributed by atoms with Gasteiger partial charge < -0.3 is 15.2 Å². The molecule has 1 aromatic heterocycles. The van der Waals surface area contributed by atoms with E-state index < -0.39 is 5.97 Å². The van der Waals surface area contributed by atoms with Crippen LogP contribution in [0, 0.1) is 0 Å². The fourth-order valence-electron chi connectivity index (χ4n) is 1.85. The standard InChI is InChI=1S/C13H15NO4S/c1-18-9-6-8(7-9)14-13(17)11-4-2-10(19-11)3-5-12(15)16/h2-5,8-9H,6-7H2,1H3,(H,14,17)(H,15,16)/b5-3+. The summed E-state index contributed by atoms with van der Waals surface area (Å²) in [5.74, 6) is -1.11. The van der Waals surface area contributed by atoms with E-state index in [2.05, 4.69) is 5.32 Å². The van der Waals surface area contributed by atoms with E-state index in [1.54, 1.807) is 19.2 Å². The molecule has 0 spiro atoms. The van der Waals surface area contributed by atoms with E-state index in [-0.39, 0.29) is 18.1 Å². The molecule has 5 nitrogen and oxygen atoms in total. The molecule has 1 aliphatic rings. The Morgan fingerprint density at radius 1 is 1.47 bits per heavy atom. The lowest BCUT2D eigenvalue weighted by molar-refractivity contribution is -0.131. The summed E-state index contributed by atoms with van der Waals surface area (Å²) in [6, 6.07) is 3.61. The predicted octanol–water partition coefficient (Wildman–Crippen LogP) is 1.75. The van der Waals surface area contributed by atoms with Crippen molar-refractivity contribution in [3.63, 3.8) is 0 Å². The van der Waals surface area contributed by atoms with Gasteiger partial charge in [-0.3, -0.25) is 4.79 Å². The van der Waals surface area contributed by atoms with E-state index in [0.717, 1.165) is 23.8 Å². The van der Waals surface area contributed by atoms with Crippen molar-refractivity contribution in [1.29, 1.82) is 0 Å². The smallest absolute Gasteiger partial charge is 0.328 e. The molecule has 1 saturated carbocycles. The van der Waals surface area contributed by atoms with Crippen LogP contribution in [0.4, 0.5) is 0 Å². The third-order valence-electron chi connectivity index (χ3n) is 3.00. The highest BCUT2D eigenvalue weighted by molar-refractivity contribution is 7.14. The molecule has 0 unspecified atom stereocenters. The highest BCUT2D eigenvalue weighted by Crippen LogP contribution is 2.24. The highest BCUT2D eigenvalue weighted by atomic mass is 32.1. The van der Waals surface area contributed by atoms with Crippen molar-refractivity contribution in [1.82, 2.24) is 5.32 Å². The molecule has 1 amide bonds. The summed E-state index contributed by atoms with van der Waals surface area (Å²) in [7, 11) is 1.67. The Hall–Kier alpha value is -1.66. The number of aliphatic carboxylic acids is 1. The zero-order chi connectivity index (χ0) is 13.8. The maximum absolute atomic E-state index is 11.9. The van der Waals surface area contributed by atoms with Crippen molar-refractivity contribution in [2.45, 2.75) is 25.0 Å². The maximum atomic E-state index is 11.9. The zero-order valence-corrected chi connectivity index (χ0v) is 11.3. The number of amides is 1. The summed E-state index contributed by atoms with van der Waals surface area (Å²) in [6.45, 7) is 0. The molecule has 102 valence electrons. The molecule has 0 aliphatic heterocycles. The molecule has 2 rings (SSSR count). The van der Waals surface area contributed by atoms with Gasteiger partial charge in [0.15, 0.2) is 0 Å². The van der Waals surface area contributed by atoms with Gasteiger partial charge >= 0.3 is 5.97 Å². The van der Waals surface area contributed by atoms with E-state index in [0.29, 0.717) is 4.88 Å². The molecule has 0 bridgehead atoms. The first-order chi connectivity index (χ1) is 9.08.